The molecular formula is C40H32F6OP2+2. The molecule has 9 heteroatoms. The minimum atomic E-state index is -6.16. The molecule has 0 unspecified atom stereocenters. The van der Waals surface area contributed by atoms with E-state index >= 15 is 26.3 Å². The third-order valence-electron chi connectivity index (χ3n) is 8.95. The average Bonchev–Trinajstić information content (AvgIpc) is 3.13. The van der Waals surface area contributed by atoms with Crippen LogP contribution in [-0.4, -0.2) is 28.5 Å². The van der Waals surface area contributed by atoms with Gasteiger partial charge in [-0.2, -0.15) is 26.3 Å². The number of hydrogen-bond acceptors (Lipinski definition) is 1. The quantitative estimate of drug-likeness (QED) is 0.119. The summed E-state index contributed by atoms with van der Waals surface area (Å²) < 4.78 is 96.4. The molecule has 0 aromatic heterocycles. The van der Waals surface area contributed by atoms with Crippen LogP contribution in [0.1, 0.15) is 0 Å². The Balaban J connectivity index is 2.02. The van der Waals surface area contributed by atoms with Gasteiger partial charge in [-0.15, -0.1) is 0 Å². The zero-order chi connectivity index (χ0) is 34.8. The topological polar surface area (TPSA) is 20.2 Å². The van der Waals surface area contributed by atoms with Gasteiger partial charge in [-0.05, 0) is 72.8 Å². The van der Waals surface area contributed by atoms with Gasteiger partial charge < -0.3 is 5.11 Å². The van der Waals surface area contributed by atoms with E-state index in [0.29, 0.717) is 0 Å². The minimum absolute atomic E-state index is 0.275. The second-order valence-electron chi connectivity index (χ2n) is 11.6. The lowest BCUT2D eigenvalue weighted by Gasteiger charge is -2.48. The van der Waals surface area contributed by atoms with Gasteiger partial charge in [0.25, 0.3) is 0 Å². The number of benzene rings is 6. The highest BCUT2D eigenvalue weighted by Gasteiger charge is 2.89. The van der Waals surface area contributed by atoms with Crippen LogP contribution >= 0.6 is 14.5 Å². The number of rotatable bonds is 9. The highest BCUT2D eigenvalue weighted by molar-refractivity contribution is 8.11. The SMILES string of the molecule is OC(C([P+](c1ccccc1)(c1ccccc1)c1ccccc1)[P+](c1ccccc1)(c1ccccc1)c1ccccc1)(C(F)(F)F)C(F)(F)F. The molecule has 0 aliphatic rings. The largest absolute Gasteiger partial charge is 0.434 e. The predicted molar refractivity (Wildman–Crippen MR) is 191 cm³/mol. The Morgan fingerprint density at radius 1 is 0.327 bits per heavy atom. The summed E-state index contributed by atoms with van der Waals surface area (Å²) in [5.74, 6) is 0. The second-order valence-corrected chi connectivity index (χ2v) is 19.0. The standard InChI is InChI=1S/C40H32F6OP2/c41-39(42,43)38(47,40(44,45)46)37(48(31-19-7-1-8-20-31,32-21-9-2-10-22-32)33-23-11-3-12-24-33)49(34-25-13-4-14-26-34,35-27-15-5-16-28-35)36-29-17-6-18-30-36/h1-30,37,47H/q+2. The molecule has 6 rings (SSSR count). The molecule has 0 saturated carbocycles. The predicted octanol–water partition coefficient (Wildman–Crippen LogP) is 8.16. The Kier molecular flexibility index (Phi) is 9.57. The van der Waals surface area contributed by atoms with Crippen molar-refractivity contribution in [1.82, 2.24) is 0 Å². The van der Waals surface area contributed by atoms with Crippen molar-refractivity contribution in [3.05, 3.63) is 182 Å². The summed E-state index contributed by atoms with van der Waals surface area (Å²) in [6.07, 6.45) is -12.3. The Morgan fingerprint density at radius 2 is 0.490 bits per heavy atom. The first kappa shape index (κ1) is 34.6. The zero-order valence-electron chi connectivity index (χ0n) is 26.0. The van der Waals surface area contributed by atoms with E-state index in [-0.39, 0.29) is 31.8 Å². The van der Waals surface area contributed by atoms with E-state index < -0.39 is 37.9 Å². The van der Waals surface area contributed by atoms with E-state index in [2.05, 4.69) is 0 Å². The van der Waals surface area contributed by atoms with E-state index in [0.717, 1.165) is 0 Å². The molecular weight excluding hydrogens is 672 g/mol. The first-order valence-electron chi connectivity index (χ1n) is 15.5. The van der Waals surface area contributed by atoms with Crippen molar-refractivity contribution in [2.24, 2.45) is 0 Å². The lowest BCUT2D eigenvalue weighted by Crippen LogP contribution is -2.69. The Hall–Kier alpha value is -4.28. The van der Waals surface area contributed by atoms with Crippen LogP contribution in [-0.2, 0) is 0 Å². The smallest absolute Gasteiger partial charge is 0.368 e. The van der Waals surface area contributed by atoms with E-state index in [1.807, 2.05) is 0 Å². The lowest BCUT2D eigenvalue weighted by molar-refractivity contribution is -0.362. The number of alkyl halides is 6. The fraction of sp³-hybridized carbons (Fsp3) is 0.100. The molecule has 0 saturated heterocycles. The maximum absolute atomic E-state index is 16.1. The molecule has 0 fully saturated rings. The molecule has 0 bridgehead atoms. The molecule has 0 atom stereocenters. The first-order chi connectivity index (χ1) is 23.5. The second kappa shape index (κ2) is 13.6. The van der Waals surface area contributed by atoms with Crippen molar-refractivity contribution in [3.8, 4) is 0 Å². The zero-order valence-corrected chi connectivity index (χ0v) is 27.8. The molecule has 6 aromatic carbocycles. The normalized spacial score (nSPS) is 13.0. The number of hydrogen-bond donors (Lipinski definition) is 1. The van der Waals surface area contributed by atoms with E-state index in [1.54, 1.807) is 182 Å². The van der Waals surface area contributed by atoms with Crippen molar-refractivity contribution in [3.63, 3.8) is 0 Å². The van der Waals surface area contributed by atoms with Gasteiger partial charge in [-0.25, -0.2) is 0 Å². The van der Waals surface area contributed by atoms with Gasteiger partial charge in [0.15, 0.2) is 14.5 Å². The van der Waals surface area contributed by atoms with Crippen molar-refractivity contribution in [1.29, 1.82) is 0 Å². The summed E-state index contributed by atoms with van der Waals surface area (Å²) in [4.78, 5) is 0. The highest BCUT2D eigenvalue weighted by Crippen LogP contribution is 2.81. The third kappa shape index (κ3) is 5.68. The van der Waals surface area contributed by atoms with E-state index in [1.165, 1.54) is 0 Å². The van der Waals surface area contributed by atoms with Gasteiger partial charge in [0.05, 0.1) is 0 Å². The van der Waals surface area contributed by atoms with Crippen LogP contribution in [0.4, 0.5) is 26.3 Å². The third-order valence-corrected chi connectivity index (χ3v) is 19.9. The van der Waals surface area contributed by atoms with E-state index in [4.69, 9.17) is 0 Å². The highest BCUT2D eigenvalue weighted by atomic mass is 31.2. The molecule has 1 nitrogen and oxygen atoms in total. The van der Waals surface area contributed by atoms with Crippen LogP contribution in [0.2, 0.25) is 0 Å². The van der Waals surface area contributed by atoms with Crippen LogP contribution in [0.15, 0.2) is 182 Å². The summed E-state index contributed by atoms with van der Waals surface area (Å²) in [7, 11) is -8.47. The molecule has 0 spiro atoms. The molecule has 0 aliphatic heterocycles. The van der Waals surface area contributed by atoms with Gasteiger partial charge >= 0.3 is 18.0 Å². The van der Waals surface area contributed by atoms with Crippen LogP contribution in [0, 0.1) is 0 Å². The van der Waals surface area contributed by atoms with Crippen LogP contribution in [0.5, 0.6) is 0 Å². The first-order valence-corrected chi connectivity index (χ1v) is 19.2. The fourth-order valence-electron chi connectivity index (χ4n) is 6.99. The summed E-state index contributed by atoms with van der Waals surface area (Å²) >= 11 is 0. The van der Waals surface area contributed by atoms with Gasteiger partial charge in [-0.1, -0.05) is 109 Å². The summed E-state index contributed by atoms with van der Waals surface area (Å²) in [6.45, 7) is 0. The summed E-state index contributed by atoms with van der Waals surface area (Å²) in [6, 6.07) is 48.8. The molecule has 49 heavy (non-hydrogen) atoms. The Morgan fingerprint density at radius 3 is 0.633 bits per heavy atom. The Bertz CT molecular complexity index is 1600. The van der Waals surface area contributed by atoms with Crippen molar-refractivity contribution >= 4 is 46.4 Å². The molecule has 6 aromatic rings. The van der Waals surface area contributed by atoms with Crippen molar-refractivity contribution in [2.45, 2.75) is 23.4 Å². The monoisotopic (exact) mass is 704 g/mol. The van der Waals surface area contributed by atoms with Crippen LogP contribution in [0.3, 0.4) is 0 Å². The molecule has 1 N–H and O–H groups in total. The van der Waals surface area contributed by atoms with Gasteiger partial charge in [-0.3, -0.25) is 0 Å². The molecule has 0 radical (unpaired) electrons. The van der Waals surface area contributed by atoms with Gasteiger partial charge in [0.2, 0.25) is 5.40 Å². The average molecular weight is 705 g/mol. The van der Waals surface area contributed by atoms with Crippen molar-refractivity contribution < 1.29 is 31.4 Å². The molecule has 0 aliphatic carbocycles. The number of aliphatic hydroxyl groups is 1. The number of halogens is 6. The Labute approximate surface area is 282 Å². The van der Waals surface area contributed by atoms with E-state index in [9.17, 15) is 5.11 Å². The summed E-state index contributed by atoms with van der Waals surface area (Å²) in [5.41, 5.74) is -5.22. The summed E-state index contributed by atoms with van der Waals surface area (Å²) in [5, 5.41) is 11.5. The van der Waals surface area contributed by atoms with Crippen LogP contribution in [0.25, 0.3) is 0 Å². The van der Waals surface area contributed by atoms with Crippen molar-refractivity contribution in [2.75, 3.05) is 0 Å². The molecule has 0 heterocycles. The lowest BCUT2D eigenvalue weighted by atomic mass is 10.1. The maximum Gasteiger partial charge on any atom is 0.434 e. The van der Waals surface area contributed by atoms with Gasteiger partial charge in [0, 0.05) is 0 Å². The molecule has 0 amide bonds. The molecule has 248 valence electrons. The maximum atomic E-state index is 16.1. The minimum Gasteiger partial charge on any atom is -0.368 e. The van der Waals surface area contributed by atoms with Gasteiger partial charge in [0.1, 0.15) is 31.8 Å². The van der Waals surface area contributed by atoms with Crippen LogP contribution < -0.4 is 31.8 Å². The fourth-order valence-corrected chi connectivity index (χ4v) is 20.5.